The highest BCUT2D eigenvalue weighted by Gasteiger charge is 2.15. The lowest BCUT2D eigenvalue weighted by molar-refractivity contribution is -0.907. The molecule has 2 rings (SSSR count). The van der Waals surface area contributed by atoms with Crippen LogP contribution in [0.1, 0.15) is 6.42 Å². The number of anilines is 1. The van der Waals surface area contributed by atoms with Crippen molar-refractivity contribution >= 4 is 11.6 Å². The van der Waals surface area contributed by atoms with Crippen molar-refractivity contribution < 1.29 is 23.9 Å². The predicted octanol–water partition coefficient (Wildman–Crippen LogP) is -0.0525. The highest BCUT2D eigenvalue weighted by Crippen LogP contribution is 2.25. The normalized spacial score (nSPS) is 15.5. The van der Waals surface area contributed by atoms with Gasteiger partial charge in [0, 0.05) is 23.9 Å². The van der Waals surface area contributed by atoms with Crippen LogP contribution in [0.2, 0.25) is 0 Å². The number of hydrogen-bond donors (Lipinski definition) is 2. The van der Waals surface area contributed by atoms with E-state index in [-0.39, 0.29) is 5.91 Å². The number of rotatable bonds is 6. The maximum Gasteiger partial charge on any atom is 0.230 e. The summed E-state index contributed by atoms with van der Waals surface area (Å²) in [5, 5.41) is 2.89. The SMILES string of the molecule is COc1cc(NC(=O)CC[NH+]2CCOCC2)cc(OC)c1. The van der Waals surface area contributed by atoms with Gasteiger partial charge in [0.2, 0.25) is 5.91 Å². The summed E-state index contributed by atoms with van der Waals surface area (Å²) < 4.78 is 15.7. The van der Waals surface area contributed by atoms with Gasteiger partial charge in [-0.3, -0.25) is 4.79 Å². The molecule has 21 heavy (non-hydrogen) atoms. The van der Waals surface area contributed by atoms with Crippen LogP contribution in [0.4, 0.5) is 5.69 Å². The first-order chi connectivity index (χ1) is 10.2. The van der Waals surface area contributed by atoms with Crippen LogP contribution in [-0.4, -0.2) is 53.0 Å². The molecule has 0 atom stereocenters. The van der Waals surface area contributed by atoms with Crippen molar-refractivity contribution in [1.82, 2.24) is 0 Å². The summed E-state index contributed by atoms with van der Waals surface area (Å²) in [6.07, 6.45) is 0.495. The molecule has 0 unspecified atom stereocenters. The fraction of sp³-hybridized carbons (Fsp3) is 0.533. The van der Waals surface area contributed by atoms with Crippen molar-refractivity contribution in [3.63, 3.8) is 0 Å². The Labute approximate surface area is 125 Å². The third kappa shape index (κ3) is 4.91. The monoisotopic (exact) mass is 295 g/mol. The molecule has 1 aromatic carbocycles. The van der Waals surface area contributed by atoms with Gasteiger partial charge in [-0.15, -0.1) is 0 Å². The molecule has 1 aliphatic rings. The fourth-order valence-corrected chi connectivity index (χ4v) is 2.30. The molecule has 0 radical (unpaired) electrons. The van der Waals surface area contributed by atoms with Crippen LogP contribution >= 0.6 is 0 Å². The molecule has 1 heterocycles. The van der Waals surface area contributed by atoms with E-state index in [9.17, 15) is 4.79 Å². The second-order valence-electron chi connectivity index (χ2n) is 5.01. The molecule has 6 heteroatoms. The number of amides is 1. The number of carbonyl (C=O) groups excluding carboxylic acids is 1. The van der Waals surface area contributed by atoms with Crippen molar-refractivity contribution in [2.24, 2.45) is 0 Å². The average molecular weight is 295 g/mol. The number of quaternary nitrogens is 1. The van der Waals surface area contributed by atoms with Gasteiger partial charge in [0.15, 0.2) is 0 Å². The number of hydrogen-bond acceptors (Lipinski definition) is 4. The first-order valence-corrected chi connectivity index (χ1v) is 7.15. The van der Waals surface area contributed by atoms with E-state index < -0.39 is 0 Å². The zero-order valence-electron chi connectivity index (χ0n) is 12.6. The Morgan fingerprint density at radius 1 is 1.19 bits per heavy atom. The molecule has 0 bridgehead atoms. The largest absolute Gasteiger partial charge is 0.497 e. The maximum absolute atomic E-state index is 12.0. The third-order valence-corrected chi connectivity index (χ3v) is 3.54. The van der Waals surface area contributed by atoms with Crippen molar-refractivity contribution in [3.05, 3.63) is 18.2 Å². The third-order valence-electron chi connectivity index (χ3n) is 3.54. The number of carbonyl (C=O) groups is 1. The van der Waals surface area contributed by atoms with E-state index in [1.54, 1.807) is 32.4 Å². The van der Waals surface area contributed by atoms with E-state index in [1.807, 2.05) is 0 Å². The van der Waals surface area contributed by atoms with E-state index in [0.29, 0.717) is 23.6 Å². The lowest BCUT2D eigenvalue weighted by Crippen LogP contribution is -3.14. The quantitative estimate of drug-likeness (QED) is 0.772. The number of morpholine rings is 1. The van der Waals surface area contributed by atoms with E-state index in [4.69, 9.17) is 14.2 Å². The van der Waals surface area contributed by atoms with E-state index in [2.05, 4.69) is 5.32 Å². The Morgan fingerprint density at radius 2 is 1.81 bits per heavy atom. The van der Waals surface area contributed by atoms with Crippen LogP contribution < -0.4 is 19.7 Å². The minimum absolute atomic E-state index is 0.00398. The number of ether oxygens (including phenoxy) is 3. The number of methoxy groups -OCH3 is 2. The standard InChI is InChI=1S/C15H22N2O4/c1-19-13-9-12(10-14(11-13)20-2)16-15(18)3-4-17-5-7-21-8-6-17/h9-11H,3-8H2,1-2H3,(H,16,18)/p+1. The molecule has 1 aromatic rings. The lowest BCUT2D eigenvalue weighted by atomic mass is 10.2. The van der Waals surface area contributed by atoms with Gasteiger partial charge in [-0.25, -0.2) is 0 Å². The first kappa shape index (κ1) is 15.6. The minimum Gasteiger partial charge on any atom is -0.497 e. The number of benzene rings is 1. The van der Waals surface area contributed by atoms with Crippen molar-refractivity contribution in [2.45, 2.75) is 6.42 Å². The molecule has 0 saturated carbocycles. The Morgan fingerprint density at radius 3 is 2.38 bits per heavy atom. The van der Waals surface area contributed by atoms with Gasteiger partial charge in [0.25, 0.3) is 0 Å². The summed E-state index contributed by atoms with van der Waals surface area (Å²) >= 11 is 0. The zero-order valence-corrected chi connectivity index (χ0v) is 12.6. The molecular weight excluding hydrogens is 272 g/mol. The molecule has 1 saturated heterocycles. The molecule has 0 aromatic heterocycles. The van der Waals surface area contributed by atoms with Crippen LogP contribution in [0.25, 0.3) is 0 Å². The summed E-state index contributed by atoms with van der Waals surface area (Å²) in [6, 6.07) is 5.33. The molecule has 116 valence electrons. The van der Waals surface area contributed by atoms with Crippen molar-refractivity contribution in [2.75, 3.05) is 52.4 Å². The lowest BCUT2D eigenvalue weighted by Gasteiger charge is -2.23. The Balaban J connectivity index is 1.86. The van der Waals surface area contributed by atoms with E-state index in [1.165, 1.54) is 4.90 Å². The number of nitrogens with one attached hydrogen (secondary N) is 2. The minimum atomic E-state index is 0.00398. The molecule has 1 fully saturated rings. The summed E-state index contributed by atoms with van der Waals surface area (Å²) in [6.45, 7) is 4.34. The topological polar surface area (TPSA) is 61.2 Å². The van der Waals surface area contributed by atoms with Gasteiger partial charge in [0.1, 0.15) is 24.6 Å². The molecule has 1 amide bonds. The average Bonchev–Trinajstić information content (AvgIpc) is 2.53. The molecule has 0 aliphatic carbocycles. The Kier molecular flexibility index (Phi) is 5.83. The molecule has 2 N–H and O–H groups in total. The smallest absolute Gasteiger partial charge is 0.230 e. The second-order valence-corrected chi connectivity index (χ2v) is 5.01. The fourth-order valence-electron chi connectivity index (χ4n) is 2.30. The van der Waals surface area contributed by atoms with Crippen LogP contribution in [0.5, 0.6) is 11.5 Å². The zero-order chi connectivity index (χ0) is 15.1. The van der Waals surface area contributed by atoms with Crippen LogP contribution in [0.15, 0.2) is 18.2 Å². The van der Waals surface area contributed by atoms with Gasteiger partial charge < -0.3 is 24.4 Å². The van der Waals surface area contributed by atoms with Crippen LogP contribution in [-0.2, 0) is 9.53 Å². The summed E-state index contributed by atoms with van der Waals surface area (Å²) in [5.74, 6) is 1.32. The Hall–Kier alpha value is -1.79. The molecular formula is C15H23N2O4+. The van der Waals surface area contributed by atoms with Crippen LogP contribution in [0.3, 0.4) is 0 Å². The first-order valence-electron chi connectivity index (χ1n) is 7.15. The molecule has 6 nitrogen and oxygen atoms in total. The van der Waals surface area contributed by atoms with Gasteiger partial charge in [-0.1, -0.05) is 0 Å². The van der Waals surface area contributed by atoms with Gasteiger partial charge >= 0.3 is 0 Å². The second kappa shape index (κ2) is 7.85. The summed E-state index contributed by atoms with van der Waals surface area (Å²) in [7, 11) is 3.17. The summed E-state index contributed by atoms with van der Waals surface area (Å²) in [5.41, 5.74) is 0.688. The van der Waals surface area contributed by atoms with Gasteiger partial charge in [-0.05, 0) is 0 Å². The van der Waals surface area contributed by atoms with Gasteiger partial charge in [-0.2, -0.15) is 0 Å². The summed E-state index contributed by atoms with van der Waals surface area (Å²) in [4.78, 5) is 13.4. The maximum atomic E-state index is 12.0. The predicted molar refractivity (Wildman–Crippen MR) is 79.2 cm³/mol. The Bertz CT molecular complexity index is 450. The van der Waals surface area contributed by atoms with Crippen molar-refractivity contribution in [1.29, 1.82) is 0 Å². The molecule has 0 spiro atoms. The van der Waals surface area contributed by atoms with Gasteiger partial charge in [0.05, 0.1) is 40.4 Å². The van der Waals surface area contributed by atoms with E-state index >= 15 is 0 Å². The van der Waals surface area contributed by atoms with E-state index in [0.717, 1.165) is 32.8 Å². The molecule has 1 aliphatic heterocycles. The highest BCUT2D eigenvalue weighted by atomic mass is 16.5. The van der Waals surface area contributed by atoms with Crippen molar-refractivity contribution in [3.8, 4) is 11.5 Å². The van der Waals surface area contributed by atoms with Crippen LogP contribution in [0, 0.1) is 0 Å². The highest BCUT2D eigenvalue weighted by molar-refractivity contribution is 5.91.